The first-order valence-electron chi connectivity index (χ1n) is 9.45. The molecular weight excluding hydrogens is 464 g/mol. The Morgan fingerprint density at radius 1 is 1.28 bits per heavy atom. The fraction of sp³-hybridized carbons (Fsp3) is 0.500. The molecule has 0 spiro atoms. The van der Waals surface area contributed by atoms with Gasteiger partial charge in [-0.25, -0.2) is 4.39 Å². The molecule has 0 radical (unpaired) electrons. The Bertz CT molecular complexity index is 921. The van der Waals surface area contributed by atoms with Gasteiger partial charge in [-0.3, -0.25) is 9.53 Å². The van der Waals surface area contributed by atoms with E-state index in [1.54, 1.807) is 4.90 Å². The van der Waals surface area contributed by atoms with Crippen LogP contribution in [0, 0.1) is 11.7 Å². The molecule has 1 aliphatic heterocycles. The second-order valence-corrected chi connectivity index (χ2v) is 7.24. The Labute approximate surface area is 184 Å². The van der Waals surface area contributed by atoms with Crippen LogP contribution < -0.4 is 20.1 Å². The van der Waals surface area contributed by atoms with E-state index in [2.05, 4.69) is 14.9 Å². The maximum absolute atomic E-state index is 13.6. The summed E-state index contributed by atoms with van der Waals surface area (Å²) in [7, 11) is 0. The smallest absolute Gasteiger partial charge is 0.480 e. The van der Waals surface area contributed by atoms with Gasteiger partial charge in [0, 0.05) is 25.1 Å². The van der Waals surface area contributed by atoms with E-state index in [0.717, 1.165) is 6.07 Å². The lowest BCUT2D eigenvalue weighted by Crippen LogP contribution is -2.45. The second-order valence-electron chi connectivity index (χ2n) is 6.83. The fourth-order valence-electron chi connectivity index (χ4n) is 3.15. The summed E-state index contributed by atoms with van der Waals surface area (Å²) in [6.45, 7) is -0.331. The molecule has 1 aromatic heterocycles. The number of ether oxygens (including phenoxy) is 3. The highest BCUT2D eigenvalue weighted by Crippen LogP contribution is 2.29. The Hall–Kier alpha value is -2.80. The van der Waals surface area contributed by atoms with Gasteiger partial charge in [0.2, 0.25) is 0 Å². The number of carbonyl (C=O) groups is 1. The lowest BCUT2D eigenvalue weighted by molar-refractivity contribution is -0.325. The molecule has 1 unspecified atom stereocenters. The number of hydrogen-bond acceptors (Lipinski definition) is 8. The minimum atomic E-state index is -4.75. The largest absolute Gasteiger partial charge is 0.522 e. The number of halogens is 5. The van der Waals surface area contributed by atoms with Crippen LogP contribution >= 0.6 is 11.6 Å². The number of aromatic nitrogens is 2. The summed E-state index contributed by atoms with van der Waals surface area (Å²) >= 11 is 5.65. The first-order chi connectivity index (χ1) is 15.1. The van der Waals surface area contributed by atoms with Crippen LogP contribution in [0.4, 0.5) is 23.6 Å². The van der Waals surface area contributed by atoms with Crippen molar-refractivity contribution >= 4 is 23.5 Å². The highest BCUT2D eigenvalue weighted by Gasteiger charge is 2.33. The zero-order valence-electron chi connectivity index (χ0n) is 16.5. The molecule has 1 aliphatic rings. The zero-order valence-corrected chi connectivity index (χ0v) is 17.2. The second kappa shape index (κ2) is 10.2. The molecule has 14 heteroatoms. The lowest BCUT2D eigenvalue weighted by atomic mass is 9.91. The molecule has 32 heavy (non-hydrogen) atoms. The van der Waals surface area contributed by atoms with Gasteiger partial charge >= 0.3 is 18.5 Å². The van der Waals surface area contributed by atoms with Gasteiger partial charge in [-0.05, 0) is 25.0 Å². The quantitative estimate of drug-likeness (QED) is 0.429. The van der Waals surface area contributed by atoms with E-state index in [0.29, 0.717) is 25.9 Å². The van der Waals surface area contributed by atoms with Gasteiger partial charge in [0.25, 0.3) is 5.91 Å². The third-order valence-electron chi connectivity index (χ3n) is 4.64. The van der Waals surface area contributed by atoms with E-state index in [9.17, 15) is 22.4 Å². The maximum atomic E-state index is 13.6. The Morgan fingerprint density at radius 2 is 2.00 bits per heavy atom. The molecule has 0 aliphatic carbocycles. The molecule has 2 N–H and O–H groups in total. The van der Waals surface area contributed by atoms with Crippen molar-refractivity contribution in [2.45, 2.75) is 25.3 Å². The van der Waals surface area contributed by atoms with E-state index in [-0.39, 0.29) is 28.8 Å². The molecule has 2 heterocycles. The van der Waals surface area contributed by atoms with Crippen molar-refractivity contribution in [2.75, 3.05) is 31.2 Å². The SMILES string of the molecule is NC(=O)C(Oc1ccc(Cl)c(F)c1)C1CCN(c2nnc(OCCOC(F)(F)F)o2)CC1. The van der Waals surface area contributed by atoms with Gasteiger partial charge in [0.15, 0.2) is 6.10 Å². The van der Waals surface area contributed by atoms with E-state index in [4.69, 9.17) is 31.2 Å². The minimum Gasteiger partial charge on any atom is -0.480 e. The van der Waals surface area contributed by atoms with Crippen LogP contribution in [-0.2, 0) is 9.53 Å². The molecule has 1 fully saturated rings. The first kappa shape index (κ1) is 23.9. The van der Waals surface area contributed by atoms with Crippen molar-refractivity contribution in [3.63, 3.8) is 0 Å². The molecule has 2 aromatic rings. The third-order valence-corrected chi connectivity index (χ3v) is 4.95. The topological polar surface area (TPSA) is 113 Å². The molecule has 3 rings (SSSR count). The summed E-state index contributed by atoms with van der Waals surface area (Å²) in [6, 6.07) is 3.95. The van der Waals surface area contributed by atoms with Crippen molar-refractivity contribution in [1.82, 2.24) is 10.2 Å². The highest BCUT2D eigenvalue weighted by molar-refractivity contribution is 6.30. The number of amides is 1. The summed E-state index contributed by atoms with van der Waals surface area (Å²) in [5.41, 5.74) is 5.48. The zero-order chi connectivity index (χ0) is 23.3. The van der Waals surface area contributed by atoms with Crippen molar-refractivity contribution in [3.8, 4) is 11.8 Å². The number of rotatable bonds is 9. The van der Waals surface area contributed by atoms with Crippen molar-refractivity contribution in [2.24, 2.45) is 11.7 Å². The Balaban J connectivity index is 1.51. The van der Waals surface area contributed by atoms with Gasteiger partial charge in [0.1, 0.15) is 18.2 Å². The van der Waals surface area contributed by atoms with Crippen LogP contribution in [-0.4, -0.2) is 54.9 Å². The molecule has 176 valence electrons. The van der Waals surface area contributed by atoms with Crippen LogP contribution in [0.2, 0.25) is 5.02 Å². The molecule has 1 atom stereocenters. The summed E-state index contributed by atoms with van der Waals surface area (Å²) in [6.07, 6.45) is -5.07. The normalized spacial score (nSPS) is 16.1. The summed E-state index contributed by atoms with van der Waals surface area (Å²) in [5, 5.41) is 7.35. The third kappa shape index (κ3) is 6.60. The van der Waals surface area contributed by atoms with E-state index in [1.807, 2.05) is 0 Å². The predicted molar refractivity (Wildman–Crippen MR) is 102 cm³/mol. The highest BCUT2D eigenvalue weighted by atomic mass is 35.5. The van der Waals surface area contributed by atoms with Gasteiger partial charge in [0.05, 0.1) is 11.6 Å². The number of carbonyl (C=O) groups excluding carboxylic acids is 1. The van der Waals surface area contributed by atoms with Crippen molar-refractivity contribution < 1.29 is 41.0 Å². The maximum Gasteiger partial charge on any atom is 0.522 e. The number of hydrogen-bond donors (Lipinski definition) is 1. The number of primary amides is 1. The molecule has 1 amide bonds. The van der Waals surface area contributed by atoms with E-state index >= 15 is 0 Å². The van der Waals surface area contributed by atoms with Crippen molar-refractivity contribution in [3.05, 3.63) is 29.0 Å². The Morgan fingerprint density at radius 3 is 2.62 bits per heavy atom. The van der Waals surface area contributed by atoms with Gasteiger partial charge in [-0.15, -0.1) is 13.2 Å². The van der Waals surface area contributed by atoms with E-state index in [1.165, 1.54) is 12.1 Å². The van der Waals surface area contributed by atoms with Gasteiger partial charge in [-0.1, -0.05) is 21.8 Å². The number of benzene rings is 1. The van der Waals surface area contributed by atoms with Gasteiger partial charge in [-0.2, -0.15) is 0 Å². The summed E-state index contributed by atoms with van der Waals surface area (Å²) in [4.78, 5) is 13.6. The molecule has 1 saturated heterocycles. The number of piperidine rings is 1. The lowest BCUT2D eigenvalue weighted by Gasteiger charge is -2.33. The molecule has 0 saturated carbocycles. The van der Waals surface area contributed by atoms with Gasteiger partial charge < -0.3 is 24.5 Å². The Kier molecular flexibility index (Phi) is 7.61. The van der Waals surface area contributed by atoms with Crippen LogP contribution in [0.15, 0.2) is 22.6 Å². The van der Waals surface area contributed by atoms with Crippen LogP contribution in [0.1, 0.15) is 12.8 Å². The first-order valence-corrected chi connectivity index (χ1v) is 9.83. The van der Waals surface area contributed by atoms with Crippen LogP contribution in [0.3, 0.4) is 0 Å². The molecule has 1 aromatic carbocycles. The van der Waals surface area contributed by atoms with E-state index < -0.39 is 37.4 Å². The average molecular weight is 483 g/mol. The number of nitrogens with two attached hydrogens (primary N) is 1. The fourth-order valence-corrected chi connectivity index (χ4v) is 3.27. The van der Waals surface area contributed by atoms with Crippen LogP contribution in [0.5, 0.6) is 11.8 Å². The van der Waals surface area contributed by atoms with Crippen LogP contribution in [0.25, 0.3) is 0 Å². The monoisotopic (exact) mass is 482 g/mol. The summed E-state index contributed by atoms with van der Waals surface area (Å²) in [5.74, 6) is -1.48. The predicted octanol–water partition coefficient (Wildman–Crippen LogP) is 2.93. The standard InChI is InChI=1S/C18H19ClF4N4O5/c19-12-2-1-11(9-13(12)20)31-14(15(24)28)10-3-5-27(6-4-10)16-25-26-17(32-16)29-7-8-30-18(21,22)23/h1-2,9-10,14H,3-8H2,(H2,24,28). The molecule has 0 bridgehead atoms. The minimum absolute atomic E-state index is 0.0722. The molecular formula is C18H19ClF4N4O5. The summed E-state index contributed by atoms with van der Waals surface area (Å²) < 4.78 is 68.8. The molecule has 9 nitrogen and oxygen atoms in total. The number of nitrogens with zero attached hydrogens (tertiary/aromatic N) is 3. The average Bonchev–Trinajstić information content (AvgIpc) is 3.20. The van der Waals surface area contributed by atoms with Crippen molar-refractivity contribution in [1.29, 1.82) is 0 Å². The number of anilines is 1. The number of alkyl halides is 3.